The second kappa shape index (κ2) is 8.71. The highest BCUT2D eigenvalue weighted by Gasteiger charge is 2.27. The molecule has 2 aromatic heterocycles. The molecule has 1 aromatic carbocycles. The summed E-state index contributed by atoms with van der Waals surface area (Å²) in [6.07, 6.45) is 1.62. The lowest BCUT2D eigenvalue weighted by molar-refractivity contribution is 0.0599. The summed E-state index contributed by atoms with van der Waals surface area (Å²) in [5.74, 6) is -0.681. The number of hydrogen-bond donors (Lipinski definition) is 1. The van der Waals surface area contributed by atoms with Gasteiger partial charge in [0.15, 0.2) is 10.9 Å². The summed E-state index contributed by atoms with van der Waals surface area (Å²) in [5, 5.41) is 0.409. The largest absolute Gasteiger partial charge is 0.465 e. The van der Waals surface area contributed by atoms with E-state index in [4.69, 9.17) is 4.74 Å². The fraction of sp³-hybridized carbons (Fsp3) is 0.273. The Morgan fingerprint density at radius 3 is 2.70 bits per heavy atom. The summed E-state index contributed by atoms with van der Waals surface area (Å²) in [6.45, 7) is 9.18. The van der Waals surface area contributed by atoms with Crippen molar-refractivity contribution in [3.8, 4) is 0 Å². The molecular formula is C22H23N3O4S. The molecule has 0 aliphatic heterocycles. The number of benzene rings is 1. The molecule has 0 spiro atoms. The van der Waals surface area contributed by atoms with E-state index >= 15 is 0 Å². The van der Waals surface area contributed by atoms with Crippen molar-refractivity contribution in [2.24, 2.45) is 0 Å². The number of esters is 1. The number of carbonyl (C=O) groups excluding carboxylic acids is 2. The molecule has 0 aliphatic carbocycles. The van der Waals surface area contributed by atoms with Crippen molar-refractivity contribution in [1.82, 2.24) is 14.5 Å². The average Bonchev–Trinajstić information content (AvgIpc) is 3.03. The van der Waals surface area contributed by atoms with Gasteiger partial charge in [-0.05, 0) is 38.5 Å². The van der Waals surface area contributed by atoms with Crippen LogP contribution in [0.1, 0.15) is 39.0 Å². The summed E-state index contributed by atoms with van der Waals surface area (Å²) in [6, 6.07) is 7.10. The number of allylic oxidation sites excluding steroid dienone is 1. The number of H-pyrrole nitrogens is 1. The molecular weight excluding hydrogens is 402 g/mol. The lowest BCUT2D eigenvalue weighted by Gasteiger charge is -2.15. The smallest absolute Gasteiger partial charge is 0.339 e. The number of aromatic amines is 1. The summed E-state index contributed by atoms with van der Waals surface area (Å²) in [5.41, 5.74) is 2.24. The van der Waals surface area contributed by atoms with Gasteiger partial charge in [-0.2, -0.15) is 0 Å². The fourth-order valence-corrected chi connectivity index (χ4v) is 4.32. The number of ether oxygens (including phenoxy) is 1. The number of Topliss-reactive ketones (excluding diaryl/α,β-unsaturated/α-hetero) is 1. The number of ketones is 1. The van der Waals surface area contributed by atoms with Gasteiger partial charge in [-0.15, -0.1) is 6.58 Å². The van der Waals surface area contributed by atoms with Crippen molar-refractivity contribution >= 4 is 34.4 Å². The standard InChI is InChI=1S/C22H23N3O4S/c1-6-11-25-20(27)15-9-7-8-10-16(15)24-22(25)30-14(4)19(26)18-12(2)17(13(3)23-18)21(28)29-5/h6-10,14,23H,1,11H2,2-5H3. The third-order valence-electron chi connectivity index (χ3n) is 4.86. The van der Waals surface area contributed by atoms with Gasteiger partial charge in [0.1, 0.15) is 0 Å². The van der Waals surface area contributed by atoms with Crippen LogP contribution in [0.25, 0.3) is 10.9 Å². The van der Waals surface area contributed by atoms with Crippen LogP contribution >= 0.6 is 11.8 Å². The second-order valence-corrected chi connectivity index (χ2v) is 8.16. The number of fused-ring (bicyclic) bond motifs is 1. The highest BCUT2D eigenvalue weighted by Crippen LogP contribution is 2.27. The van der Waals surface area contributed by atoms with Crippen LogP contribution in [0, 0.1) is 13.8 Å². The van der Waals surface area contributed by atoms with E-state index < -0.39 is 11.2 Å². The summed E-state index contributed by atoms with van der Waals surface area (Å²) < 4.78 is 6.32. The predicted molar refractivity (Wildman–Crippen MR) is 117 cm³/mol. The summed E-state index contributed by atoms with van der Waals surface area (Å²) in [4.78, 5) is 45.6. The Morgan fingerprint density at radius 1 is 1.33 bits per heavy atom. The minimum atomic E-state index is -0.545. The molecule has 8 heteroatoms. The maximum Gasteiger partial charge on any atom is 0.339 e. The zero-order chi connectivity index (χ0) is 22.0. The molecule has 156 valence electrons. The monoisotopic (exact) mass is 425 g/mol. The Morgan fingerprint density at radius 2 is 2.03 bits per heavy atom. The Bertz CT molecular complexity index is 1210. The van der Waals surface area contributed by atoms with E-state index in [0.29, 0.717) is 38.6 Å². The average molecular weight is 426 g/mol. The molecule has 1 N–H and O–H groups in total. The fourth-order valence-electron chi connectivity index (χ4n) is 3.35. The lowest BCUT2D eigenvalue weighted by atomic mass is 10.1. The van der Waals surface area contributed by atoms with Crippen molar-refractivity contribution in [3.63, 3.8) is 0 Å². The topological polar surface area (TPSA) is 94.1 Å². The van der Waals surface area contributed by atoms with Gasteiger partial charge < -0.3 is 9.72 Å². The number of nitrogens with zero attached hydrogens (tertiary/aromatic N) is 2. The maximum atomic E-state index is 13.1. The number of aryl methyl sites for hydroxylation is 1. The van der Waals surface area contributed by atoms with Gasteiger partial charge in [0, 0.05) is 12.2 Å². The quantitative estimate of drug-likeness (QED) is 0.204. The van der Waals surface area contributed by atoms with Crippen molar-refractivity contribution in [1.29, 1.82) is 0 Å². The van der Waals surface area contributed by atoms with Gasteiger partial charge >= 0.3 is 5.97 Å². The van der Waals surface area contributed by atoms with Crippen molar-refractivity contribution < 1.29 is 14.3 Å². The molecule has 0 amide bonds. The number of carbonyl (C=O) groups is 2. The van der Waals surface area contributed by atoms with E-state index in [1.165, 1.54) is 23.4 Å². The first-order valence-corrected chi connectivity index (χ1v) is 10.3. The molecule has 1 atom stereocenters. The molecule has 1 unspecified atom stereocenters. The first kappa shape index (κ1) is 21.6. The minimum Gasteiger partial charge on any atom is -0.465 e. The Kier molecular flexibility index (Phi) is 6.26. The van der Waals surface area contributed by atoms with Crippen LogP contribution in [0.15, 0.2) is 46.9 Å². The first-order valence-electron chi connectivity index (χ1n) is 9.39. The highest BCUT2D eigenvalue weighted by atomic mass is 32.2. The molecule has 0 fully saturated rings. The van der Waals surface area contributed by atoms with Crippen LogP contribution < -0.4 is 5.56 Å². The van der Waals surface area contributed by atoms with Crippen LogP contribution in [0.2, 0.25) is 0 Å². The van der Waals surface area contributed by atoms with Gasteiger partial charge in [-0.1, -0.05) is 30.0 Å². The Hall–Kier alpha value is -3.13. The molecule has 0 aliphatic rings. The molecule has 7 nitrogen and oxygen atoms in total. The Labute approximate surface area is 178 Å². The summed E-state index contributed by atoms with van der Waals surface area (Å²) >= 11 is 1.20. The van der Waals surface area contributed by atoms with E-state index in [0.717, 1.165) is 0 Å². The van der Waals surface area contributed by atoms with E-state index in [1.54, 1.807) is 45.0 Å². The van der Waals surface area contributed by atoms with E-state index in [9.17, 15) is 14.4 Å². The zero-order valence-corrected chi connectivity index (χ0v) is 18.1. The number of nitrogens with one attached hydrogen (secondary N) is 1. The SMILES string of the molecule is C=CCn1c(SC(C)C(=O)c2[nH]c(C)c(C(=O)OC)c2C)nc2ccccc2c1=O. The van der Waals surface area contributed by atoms with Gasteiger partial charge in [0.05, 0.1) is 34.5 Å². The third-order valence-corrected chi connectivity index (χ3v) is 5.95. The number of hydrogen-bond acceptors (Lipinski definition) is 6. The first-order chi connectivity index (χ1) is 14.3. The van der Waals surface area contributed by atoms with Gasteiger partial charge in [0.25, 0.3) is 5.56 Å². The molecule has 0 saturated heterocycles. The predicted octanol–water partition coefficient (Wildman–Crippen LogP) is 3.68. The van der Waals surface area contributed by atoms with Crippen molar-refractivity contribution in [3.05, 3.63) is 69.8 Å². The molecule has 0 saturated carbocycles. The molecule has 0 bridgehead atoms. The number of aromatic nitrogens is 3. The van der Waals surface area contributed by atoms with E-state index in [2.05, 4.69) is 16.5 Å². The minimum absolute atomic E-state index is 0.178. The van der Waals surface area contributed by atoms with Crippen LogP contribution in [0.4, 0.5) is 0 Å². The maximum absolute atomic E-state index is 13.1. The number of methoxy groups -OCH3 is 1. The van der Waals surface area contributed by atoms with E-state index in [1.807, 2.05) is 6.07 Å². The lowest BCUT2D eigenvalue weighted by Crippen LogP contribution is -2.24. The number of para-hydroxylation sites is 1. The molecule has 3 aromatic rings. The van der Waals surface area contributed by atoms with E-state index in [-0.39, 0.29) is 17.9 Å². The Balaban J connectivity index is 1.99. The van der Waals surface area contributed by atoms with Crippen LogP contribution in [0.3, 0.4) is 0 Å². The number of thioether (sulfide) groups is 1. The zero-order valence-electron chi connectivity index (χ0n) is 17.3. The second-order valence-electron chi connectivity index (χ2n) is 6.86. The summed E-state index contributed by atoms with van der Waals surface area (Å²) in [7, 11) is 1.30. The van der Waals surface area contributed by atoms with Crippen molar-refractivity contribution in [2.45, 2.75) is 37.7 Å². The van der Waals surface area contributed by atoms with Gasteiger partial charge in [-0.25, -0.2) is 9.78 Å². The number of rotatable bonds is 7. The van der Waals surface area contributed by atoms with Gasteiger partial charge in [0.2, 0.25) is 0 Å². The third kappa shape index (κ3) is 3.82. The molecule has 30 heavy (non-hydrogen) atoms. The van der Waals surface area contributed by atoms with Crippen LogP contribution in [-0.4, -0.2) is 38.6 Å². The van der Waals surface area contributed by atoms with Crippen LogP contribution in [-0.2, 0) is 11.3 Å². The highest BCUT2D eigenvalue weighted by molar-refractivity contribution is 8.00. The van der Waals surface area contributed by atoms with Crippen molar-refractivity contribution in [2.75, 3.05) is 7.11 Å². The molecule has 2 heterocycles. The normalized spacial score (nSPS) is 12.0. The molecule has 0 radical (unpaired) electrons. The van der Waals surface area contributed by atoms with Gasteiger partial charge in [-0.3, -0.25) is 14.2 Å². The molecule has 3 rings (SSSR count). The van der Waals surface area contributed by atoms with Crippen LogP contribution in [0.5, 0.6) is 0 Å².